The number of hydrogen-bond donors (Lipinski definition) is 2. The van der Waals surface area contributed by atoms with E-state index in [0.29, 0.717) is 42.1 Å². The van der Waals surface area contributed by atoms with E-state index in [1.54, 1.807) is 21.3 Å². The number of phenols is 2. The lowest BCUT2D eigenvalue weighted by Gasteiger charge is -2.20. The molecule has 2 aromatic rings. The monoisotopic (exact) mass is 592 g/mol. The van der Waals surface area contributed by atoms with Gasteiger partial charge in [0.05, 0.1) is 70.7 Å². The van der Waals surface area contributed by atoms with E-state index in [4.69, 9.17) is 33.2 Å². The van der Waals surface area contributed by atoms with Crippen LogP contribution in [-0.2, 0) is 59.6 Å². The van der Waals surface area contributed by atoms with E-state index < -0.39 is 0 Å². The molecule has 4 atom stereocenters. The number of phenolic OH excluding ortho intramolecular Hbond substituents is 2. The first kappa shape index (κ1) is 36.0. The van der Waals surface area contributed by atoms with Gasteiger partial charge in [-0.3, -0.25) is 0 Å². The molecule has 0 saturated heterocycles. The van der Waals surface area contributed by atoms with Crippen molar-refractivity contribution < 1.29 is 43.4 Å². The molecule has 0 aliphatic heterocycles. The average Bonchev–Trinajstić information content (AvgIpc) is 2.95. The van der Waals surface area contributed by atoms with Gasteiger partial charge in [-0.15, -0.1) is 0 Å². The van der Waals surface area contributed by atoms with Crippen molar-refractivity contribution in [3.63, 3.8) is 0 Å². The van der Waals surface area contributed by atoms with Crippen molar-refractivity contribution >= 4 is 0 Å². The lowest BCUT2D eigenvalue weighted by molar-refractivity contribution is -0.00329. The van der Waals surface area contributed by atoms with Crippen molar-refractivity contribution in [2.75, 3.05) is 41.2 Å². The number of aromatic hydroxyl groups is 2. The molecule has 238 valence electrons. The summed E-state index contributed by atoms with van der Waals surface area (Å²) in [6, 6.07) is 7.66. The topological polar surface area (TPSA) is 105 Å². The van der Waals surface area contributed by atoms with Gasteiger partial charge in [0.1, 0.15) is 11.5 Å². The second-order valence-electron chi connectivity index (χ2n) is 10.9. The molecule has 0 heterocycles. The van der Waals surface area contributed by atoms with Crippen LogP contribution in [0.3, 0.4) is 0 Å². The predicted molar refractivity (Wildman–Crippen MR) is 163 cm³/mol. The van der Waals surface area contributed by atoms with Crippen molar-refractivity contribution in [2.24, 2.45) is 0 Å². The van der Waals surface area contributed by atoms with Crippen molar-refractivity contribution in [3.05, 3.63) is 46.5 Å². The van der Waals surface area contributed by atoms with Gasteiger partial charge in [-0.2, -0.15) is 0 Å². The van der Waals surface area contributed by atoms with Gasteiger partial charge in [0.15, 0.2) is 0 Å². The highest BCUT2D eigenvalue weighted by molar-refractivity contribution is 5.70. The zero-order valence-electron chi connectivity index (χ0n) is 26.7. The van der Waals surface area contributed by atoms with Crippen molar-refractivity contribution in [1.82, 2.24) is 0 Å². The SMILES string of the molecule is CCCC(C)OCc1cc(-c2cc(COC(C)COC)c(O)c(COC(C)COC)c2)cc(COC(C)COC)c1O. The highest BCUT2D eigenvalue weighted by Gasteiger charge is 2.18. The number of methoxy groups -OCH3 is 3. The molecule has 0 saturated carbocycles. The summed E-state index contributed by atoms with van der Waals surface area (Å²) < 4.78 is 39.6. The van der Waals surface area contributed by atoms with Gasteiger partial charge in [-0.05, 0) is 69.5 Å². The van der Waals surface area contributed by atoms with Crippen LogP contribution in [0.25, 0.3) is 11.1 Å². The van der Waals surface area contributed by atoms with Gasteiger partial charge in [0.2, 0.25) is 0 Å². The second-order valence-corrected chi connectivity index (χ2v) is 10.9. The molecule has 9 nitrogen and oxygen atoms in total. The number of rotatable bonds is 21. The van der Waals surface area contributed by atoms with Gasteiger partial charge < -0.3 is 43.4 Å². The molecule has 0 bridgehead atoms. The van der Waals surface area contributed by atoms with Crippen LogP contribution in [-0.4, -0.2) is 75.8 Å². The zero-order chi connectivity index (χ0) is 31.1. The summed E-state index contributed by atoms with van der Waals surface area (Å²) in [6.45, 7) is 12.1. The van der Waals surface area contributed by atoms with Crippen LogP contribution in [0, 0.1) is 0 Å². The Morgan fingerprint density at radius 1 is 0.524 bits per heavy atom. The molecule has 2 N–H and O–H groups in total. The summed E-state index contributed by atoms with van der Waals surface area (Å²) in [5.41, 5.74) is 4.26. The highest BCUT2D eigenvalue weighted by Crippen LogP contribution is 2.36. The molecule has 0 aliphatic carbocycles. The van der Waals surface area contributed by atoms with Crippen LogP contribution in [0.5, 0.6) is 11.5 Å². The number of ether oxygens (including phenoxy) is 7. The Morgan fingerprint density at radius 2 is 0.810 bits per heavy atom. The molecule has 0 fully saturated rings. The van der Waals surface area contributed by atoms with E-state index in [2.05, 4.69) is 6.92 Å². The van der Waals surface area contributed by atoms with Gasteiger partial charge in [0.25, 0.3) is 0 Å². The Morgan fingerprint density at radius 3 is 1.07 bits per heavy atom. The summed E-state index contributed by atoms with van der Waals surface area (Å²) in [4.78, 5) is 0. The first-order valence-corrected chi connectivity index (χ1v) is 14.8. The summed E-state index contributed by atoms with van der Waals surface area (Å²) in [7, 11) is 4.88. The third-order valence-corrected chi connectivity index (χ3v) is 6.86. The Hall–Kier alpha value is -2.24. The van der Waals surface area contributed by atoms with Gasteiger partial charge >= 0.3 is 0 Å². The van der Waals surface area contributed by atoms with E-state index in [0.717, 1.165) is 24.0 Å². The molecule has 0 amide bonds. The van der Waals surface area contributed by atoms with E-state index in [-0.39, 0.29) is 62.3 Å². The maximum absolute atomic E-state index is 11.2. The summed E-state index contributed by atoms with van der Waals surface area (Å²) in [5, 5.41) is 22.4. The smallest absolute Gasteiger partial charge is 0.126 e. The molecule has 0 spiro atoms. The minimum Gasteiger partial charge on any atom is -0.507 e. The van der Waals surface area contributed by atoms with E-state index in [9.17, 15) is 10.2 Å². The van der Waals surface area contributed by atoms with E-state index in [1.807, 2.05) is 52.0 Å². The first-order chi connectivity index (χ1) is 20.1. The Kier molecular flexibility index (Phi) is 16.4. The molecule has 9 heteroatoms. The summed E-state index contributed by atoms with van der Waals surface area (Å²) in [6.07, 6.45) is 1.55. The molecular weight excluding hydrogens is 540 g/mol. The Bertz CT molecular complexity index is 900. The average molecular weight is 593 g/mol. The molecule has 4 unspecified atom stereocenters. The Labute approximate surface area is 252 Å². The van der Waals surface area contributed by atoms with Crippen LogP contribution in [0.1, 0.15) is 69.7 Å². The third-order valence-electron chi connectivity index (χ3n) is 6.86. The lowest BCUT2D eigenvalue weighted by atomic mass is 9.95. The second kappa shape index (κ2) is 19.1. The molecule has 0 radical (unpaired) electrons. The van der Waals surface area contributed by atoms with Crippen molar-refractivity contribution in [3.8, 4) is 22.6 Å². The molecular formula is C33H52O9. The van der Waals surface area contributed by atoms with E-state index in [1.165, 1.54) is 0 Å². The van der Waals surface area contributed by atoms with Crippen LogP contribution in [0.4, 0.5) is 0 Å². The predicted octanol–water partition coefficient (Wildman–Crippen LogP) is 6.12. The highest BCUT2D eigenvalue weighted by atomic mass is 16.5. The minimum atomic E-state index is -0.153. The largest absolute Gasteiger partial charge is 0.507 e. The van der Waals surface area contributed by atoms with Crippen LogP contribution >= 0.6 is 0 Å². The quantitative estimate of drug-likeness (QED) is 0.177. The van der Waals surface area contributed by atoms with Gasteiger partial charge in [-0.1, -0.05) is 13.3 Å². The van der Waals surface area contributed by atoms with Crippen LogP contribution in [0.15, 0.2) is 24.3 Å². The van der Waals surface area contributed by atoms with Crippen molar-refractivity contribution in [1.29, 1.82) is 0 Å². The zero-order valence-corrected chi connectivity index (χ0v) is 26.7. The van der Waals surface area contributed by atoms with E-state index >= 15 is 0 Å². The lowest BCUT2D eigenvalue weighted by Crippen LogP contribution is -2.16. The summed E-state index contributed by atoms with van der Waals surface area (Å²) >= 11 is 0. The molecule has 2 aromatic carbocycles. The fraction of sp³-hybridized carbons (Fsp3) is 0.636. The Balaban J connectivity index is 2.54. The number of benzene rings is 2. The van der Waals surface area contributed by atoms with Crippen LogP contribution < -0.4 is 0 Å². The van der Waals surface area contributed by atoms with Crippen molar-refractivity contribution in [2.45, 2.75) is 98.3 Å². The third kappa shape index (κ3) is 11.8. The molecule has 42 heavy (non-hydrogen) atoms. The first-order valence-electron chi connectivity index (χ1n) is 14.8. The van der Waals surface area contributed by atoms with Gasteiger partial charge in [0, 0.05) is 43.6 Å². The minimum absolute atomic E-state index is 0.0591. The maximum Gasteiger partial charge on any atom is 0.126 e. The fourth-order valence-electron chi connectivity index (χ4n) is 4.56. The van der Waals surface area contributed by atoms with Gasteiger partial charge in [-0.25, -0.2) is 0 Å². The van der Waals surface area contributed by atoms with Crippen LogP contribution in [0.2, 0.25) is 0 Å². The molecule has 0 aliphatic rings. The fourth-order valence-corrected chi connectivity index (χ4v) is 4.56. The maximum atomic E-state index is 11.2. The standard InChI is InChI=1S/C33H52O9/c1-9-10-22(2)39-18-28-11-26(12-29(32(28)34)19-40-23(3)15-36-6)27-13-30(20-41-24(4)16-37-7)33(35)31(14-27)21-42-25(5)17-38-8/h11-14,22-25,34-35H,9-10,15-21H2,1-8H3. The molecule has 0 aromatic heterocycles. The molecule has 2 rings (SSSR count). The summed E-state index contributed by atoms with van der Waals surface area (Å²) in [5.74, 6) is 0.278. The normalized spacial score (nSPS) is 14.6. The number of hydrogen-bond acceptors (Lipinski definition) is 9.